The normalized spacial score (nSPS) is 22.3. The lowest BCUT2D eigenvalue weighted by molar-refractivity contribution is -0.133. The minimum absolute atomic E-state index is 0.0391. The molecule has 0 aromatic heterocycles. The fourth-order valence-corrected chi connectivity index (χ4v) is 4.82. The Balaban J connectivity index is 1.43. The minimum atomic E-state index is -3.99. The first kappa shape index (κ1) is 25.5. The van der Waals surface area contributed by atoms with Crippen molar-refractivity contribution in [2.45, 2.75) is 42.8 Å². The fourth-order valence-electron chi connectivity index (χ4n) is 3.90. The molecule has 0 unspecified atom stereocenters. The first-order valence-corrected chi connectivity index (χ1v) is 12.8. The molecule has 7 nitrogen and oxygen atoms in total. The van der Waals surface area contributed by atoms with E-state index >= 15 is 0 Å². The molecule has 1 aliphatic heterocycles. The lowest BCUT2D eigenvalue weighted by atomic mass is 9.97. The average molecular weight is 499 g/mol. The number of benzene rings is 3. The molecule has 0 bridgehead atoms. The van der Waals surface area contributed by atoms with Gasteiger partial charge in [0.2, 0.25) is 0 Å². The summed E-state index contributed by atoms with van der Waals surface area (Å²) in [5.41, 5.74) is 1.36. The maximum Gasteiger partial charge on any atom is 0.297 e. The highest BCUT2D eigenvalue weighted by Gasteiger charge is 2.50. The van der Waals surface area contributed by atoms with Gasteiger partial charge in [-0.05, 0) is 30.2 Å². The summed E-state index contributed by atoms with van der Waals surface area (Å²) in [6.45, 7) is 2.01. The van der Waals surface area contributed by atoms with Gasteiger partial charge in [-0.1, -0.05) is 78.4 Å². The van der Waals surface area contributed by atoms with Gasteiger partial charge in [-0.15, -0.1) is 0 Å². The number of aryl methyl sites for hydroxylation is 1. The van der Waals surface area contributed by atoms with Gasteiger partial charge in [-0.25, -0.2) is 0 Å². The molecular formula is C27H30O7S. The van der Waals surface area contributed by atoms with Crippen molar-refractivity contribution in [2.75, 3.05) is 19.8 Å². The van der Waals surface area contributed by atoms with Gasteiger partial charge in [-0.3, -0.25) is 4.18 Å². The molecule has 3 atom stereocenters. The first-order chi connectivity index (χ1) is 16.9. The van der Waals surface area contributed by atoms with E-state index in [0.717, 1.165) is 16.7 Å². The molecule has 1 saturated heterocycles. The topological polar surface area (TPSA) is 91.3 Å². The molecule has 8 heteroatoms. The van der Waals surface area contributed by atoms with Crippen LogP contribution in [0, 0.1) is 6.92 Å². The van der Waals surface area contributed by atoms with Crippen molar-refractivity contribution >= 4 is 10.1 Å². The molecular weight excluding hydrogens is 468 g/mol. The van der Waals surface area contributed by atoms with Gasteiger partial charge >= 0.3 is 0 Å². The van der Waals surface area contributed by atoms with Gasteiger partial charge in [0.15, 0.2) is 0 Å². The van der Waals surface area contributed by atoms with Crippen LogP contribution < -0.4 is 0 Å². The van der Waals surface area contributed by atoms with Gasteiger partial charge in [0, 0.05) is 0 Å². The summed E-state index contributed by atoms with van der Waals surface area (Å²) in [6, 6.07) is 25.6. The monoisotopic (exact) mass is 498 g/mol. The van der Waals surface area contributed by atoms with Crippen molar-refractivity contribution in [1.29, 1.82) is 0 Å². The maximum atomic E-state index is 12.7. The van der Waals surface area contributed by atoms with Crippen LogP contribution in [0.15, 0.2) is 89.8 Å². The number of rotatable bonds is 11. The van der Waals surface area contributed by atoms with Crippen molar-refractivity contribution in [3.05, 3.63) is 102 Å². The second kappa shape index (κ2) is 11.4. The average Bonchev–Trinajstić information content (AvgIpc) is 3.18. The van der Waals surface area contributed by atoms with Crippen LogP contribution in [0.2, 0.25) is 0 Å². The maximum absolute atomic E-state index is 12.7. The number of ether oxygens (including phenoxy) is 3. The summed E-state index contributed by atoms with van der Waals surface area (Å²) in [6.07, 6.45) is -1.66. The summed E-state index contributed by atoms with van der Waals surface area (Å²) in [7, 11) is -3.99. The summed E-state index contributed by atoms with van der Waals surface area (Å²) < 4.78 is 48.3. The van der Waals surface area contributed by atoms with Crippen LogP contribution in [0.3, 0.4) is 0 Å². The summed E-state index contributed by atoms with van der Waals surface area (Å²) in [5, 5.41) is 11.4. The van der Waals surface area contributed by atoms with E-state index in [1.54, 1.807) is 12.1 Å². The Bertz CT molecular complexity index is 1170. The lowest BCUT2D eigenvalue weighted by Gasteiger charge is -2.30. The van der Waals surface area contributed by atoms with Crippen LogP contribution in [0.1, 0.15) is 16.7 Å². The molecule has 0 radical (unpaired) electrons. The molecule has 4 rings (SSSR count). The van der Waals surface area contributed by atoms with Gasteiger partial charge in [0.05, 0.1) is 37.9 Å². The molecule has 3 aromatic rings. The number of hydrogen-bond acceptors (Lipinski definition) is 7. The summed E-state index contributed by atoms with van der Waals surface area (Å²) in [4.78, 5) is 0.0595. The van der Waals surface area contributed by atoms with Crippen LogP contribution in [-0.2, 0) is 41.7 Å². The second-order valence-electron chi connectivity index (χ2n) is 8.70. The zero-order valence-corrected chi connectivity index (χ0v) is 20.4. The van der Waals surface area contributed by atoms with Crippen LogP contribution in [0.4, 0.5) is 0 Å². The lowest BCUT2D eigenvalue weighted by Crippen LogP contribution is -2.50. The SMILES string of the molecule is Cc1ccc(S(=O)(=O)OC[C@@H]2OC[C@@](O)(COCc3ccccc3)[C@H]2OCc2ccccc2)cc1. The van der Waals surface area contributed by atoms with Crippen LogP contribution in [-0.4, -0.2) is 51.2 Å². The van der Waals surface area contributed by atoms with Crippen LogP contribution in [0.5, 0.6) is 0 Å². The van der Waals surface area contributed by atoms with Crippen molar-refractivity contribution in [3.63, 3.8) is 0 Å². The third kappa shape index (κ3) is 6.76. The smallest absolute Gasteiger partial charge is 0.297 e. The Morgan fingerprint density at radius 3 is 2.14 bits per heavy atom. The Morgan fingerprint density at radius 2 is 1.51 bits per heavy atom. The van der Waals surface area contributed by atoms with Crippen molar-refractivity contribution in [1.82, 2.24) is 0 Å². The van der Waals surface area contributed by atoms with E-state index in [9.17, 15) is 13.5 Å². The van der Waals surface area contributed by atoms with E-state index in [-0.39, 0.29) is 31.3 Å². The van der Waals surface area contributed by atoms with Crippen molar-refractivity contribution in [2.24, 2.45) is 0 Å². The number of hydrogen-bond donors (Lipinski definition) is 1. The third-order valence-corrected chi connectivity index (χ3v) is 7.14. The molecule has 0 saturated carbocycles. The Hall–Kier alpha value is -2.59. The number of aliphatic hydroxyl groups is 1. The van der Waals surface area contributed by atoms with Crippen LogP contribution in [0.25, 0.3) is 0 Å². The second-order valence-corrected chi connectivity index (χ2v) is 10.3. The highest BCUT2D eigenvalue weighted by molar-refractivity contribution is 7.86. The predicted octanol–water partition coefficient (Wildman–Crippen LogP) is 3.63. The van der Waals surface area contributed by atoms with E-state index in [2.05, 4.69) is 0 Å². The largest absolute Gasteiger partial charge is 0.382 e. The standard InChI is InChI=1S/C27H30O7S/c1-21-12-14-24(15-13-21)35(29,30)34-18-25-26(32-17-23-10-6-3-7-11-23)27(28,20-33-25)19-31-16-22-8-4-2-5-9-22/h2-15,25-26,28H,16-20H2,1H3/t25-,26-,27-/m0/s1. The Labute approximate surface area is 206 Å². The first-order valence-electron chi connectivity index (χ1n) is 11.4. The molecule has 35 heavy (non-hydrogen) atoms. The molecule has 1 heterocycles. The van der Waals surface area contributed by atoms with Gasteiger partial charge in [0.1, 0.15) is 17.8 Å². The molecule has 0 spiro atoms. The van der Waals surface area contributed by atoms with Gasteiger partial charge in [-0.2, -0.15) is 8.42 Å². The third-order valence-electron chi connectivity index (χ3n) is 5.85. The van der Waals surface area contributed by atoms with E-state index in [4.69, 9.17) is 18.4 Å². The zero-order valence-electron chi connectivity index (χ0n) is 19.6. The Morgan fingerprint density at radius 1 is 0.914 bits per heavy atom. The fraction of sp³-hybridized carbons (Fsp3) is 0.333. The van der Waals surface area contributed by atoms with Crippen LogP contribution >= 0.6 is 0 Å². The van der Waals surface area contributed by atoms with E-state index in [1.807, 2.05) is 67.6 Å². The van der Waals surface area contributed by atoms with Gasteiger partial charge < -0.3 is 19.3 Å². The quantitative estimate of drug-likeness (QED) is 0.404. The minimum Gasteiger partial charge on any atom is -0.382 e. The molecule has 1 fully saturated rings. The molecule has 186 valence electrons. The molecule has 1 aliphatic rings. The van der Waals surface area contributed by atoms with Crippen molar-refractivity contribution < 1.29 is 31.9 Å². The molecule has 1 N–H and O–H groups in total. The summed E-state index contributed by atoms with van der Waals surface area (Å²) in [5.74, 6) is 0. The Kier molecular flexibility index (Phi) is 8.33. The van der Waals surface area contributed by atoms with Gasteiger partial charge in [0.25, 0.3) is 10.1 Å². The molecule has 0 aliphatic carbocycles. The van der Waals surface area contributed by atoms with E-state index < -0.39 is 27.9 Å². The highest BCUT2D eigenvalue weighted by atomic mass is 32.2. The van der Waals surface area contributed by atoms with Crippen molar-refractivity contribution in [3.8, 4) is 0 Å². The molecule has 0 amide bonds. The molecule has 3 aromatic carbocycles. The van der Waals surface area contributed by atoms with E-state index in [1.165, 1.54) is 12.1 Å². The van der Waals surface area contributed by atoms with E-state index in [0.29, 0.717) is 6.61 Å². The summed E-state index contributed by atoms with van der Waals surface area (Å²) >= 11 is 0. The predicted molar refractivity (Wildman–Crippen MR) is 130 cm³/mol. The highest BCUT2D eigenvalue weighted by Crippen LogP contribution is 2.30. The zero-order chi connectivity index (χ0) is 24.7.